The number of halogens is 3. The molecule has 88 valence electrons. The molecule has 0 spiro atoms. The highest BCUT2D eigenvalue weighted by Gasteiger charge is 2.34. The van der Waals surface area contributed by atoms with Gasteiger partial charge < -0.3 is 5.32 Å². The van der Waals surface area contributed by atoms with E-state index < -0.39 is 17.8 Å². The van der Waals surface area contributed by atoms with Crippen molar-refractivity contribution in [3.05, 3.63) is 35.4 Å². The average molecular weight is 231 g/mol. The molecular formula is C11H12F3NO. The fourth-order valence-electron chi connectivity index (χ4n) is 1.52. The lowest BCUT2D eigenvalue weighted by Crippen LogP contribution is -2.25. The summed E-state index contributed by atoms with van der Waals surface area (Å²) in [5, 5.41) is 2.43. The second-order valence-corrected chi connectivity index (χ2v) is 3.51. The van der Waals surface area contributed by atoms with Crippen LogP contribution in [0.4, 0.5) is 13.2 Å². The molecule has 1 unspecified atom stereocenters. The Balaban J connectivity index is 3.08. The van der Waals surface area contributed by atoms with Crippen LogP contribution in [-0.4, -0.2) is 5.91 Å². The number of hydrogen-bond acceptors (Lipinski definition) is 1. The van der Waals surface area contributed by atoms with Crippen molar-refractivity contribution in [3.63, 3.8) is 0 Å². The summed E-state index contributed by atoms with van der Waals surface area (Å²) < 4.78 is 37.9. The third-order valence-corrected chi connectivity index (χ3v) is 2.15. The van der Waals surface area contributed by atoms with E-state index in [9.17, 15) is 18.0 Å². The first-order valence-electron chi connectivity index (χ1n) is 4.75. The Hall–Kier alpha value is -1.52. The van der Waals surface area contributed by atoms with Crippen molar-refractivity contribution < 1.29 is 18.0 Å². The van der Waals surface area contributed by atoms with Crippen LogP contribution in [0, 0.1) is 0 Å². The maximum absolute atomic E-state index is 12.6. The lowest BCUT2D eigenvalue weighted by molar-refractivity contribution is -0.138. The molecule has 0 aliphatic heterocycles. The van der Waals surface area contributed by atoms with Crippen LogP contribution in [0.3, 0.4) is 0 Å². The van der Waals surface area contributed by atoms with Crippen LogP contribution in [0.2, 0.25) is 0 Å². The quantitative estimate of drug-likeness (QED) is 0.833. The van der Waals surface area contributed by atoms with Crippen molar-refractivity contribution in [2.24, 2.45) is 0 Å². The molecule has 1 rings (SSSR count). The van der Waals surface area contributed by atoms with Gasteiger partial charge in [-0.25, -0.2) is 0 Å². The summed E-state index contributed by atoms with van der Waals surface area (Å²) in [6.45, 7) is 2.79. The summed E-state index contributed by atoms with van der Waals surface area (Å²) in [6, 6.07) is 4.56. The molecule has 0 fully saturated rings. The topological polar surface area (TPSA) is 29.1 Å². The summed E-state index contributed by atoms with van der Waals surface area (Å²) in [7, 11) is 0. The molecule has 0 saturated heterocycles. The van der Waals surface area contributed by atoms with E-state index in [2.05, 4.69) is 5.32 Å². The molecule has 0 saturated carbocycles. The van der Waals surface area contributed by atoms with E-state index in [1.165, 1.54) is 32.0 Å². The van der Waals surface area contributed by atoms with Crippen LogP contribution in [0.1, 0.15) is 31.0 Å². The molecule has 0 aromatic heterocycles. The smallest absolute Gasteiger partial charge is 0.350 e. The predicted octanol–water partition coefficient (Wildman–Crippen LogP) is 2.90. The molecule has 1 aromatic rings. The second-order valence-electron chi connectivity index (χ2n) is 3.51. The van der Waals surface area contributed by atoms with E-state index in [-0.39, 0.29) is 11.5 Å². The maximum atomic E-state index is 12.6. The lowest BCUT2D eigenvalue weighted by atomic mass is 10.0. The van der Waals surface area contributed by atoms with Crippen LogP contribution in [0.5, 0.6) is 0 Å². The van der Waals surface area contributed by atoms with Gasteiger partial charge in [0.25, 0.3) is 0 Å². The van der Waals surface area contributed by atoms with E-state index in [0.29, 0.717) is 0 Å². The van der Waals surface area contributed by atoms with Crippen LogP contribution in [0.15, 0.2) is 24.3 Å². The van der Waals surface area contributed by atoms with Crippen molar-refractivity contribution in [1.29, 1.82) is 0 Å². The molecule has 0 bridgehead atoms. The molecule has 1 amide bonds. The first-order valence-corrected chi connectivity index (χ1v) is 4.75. The minimum absolute atomic E-state index is 0.0743. The summed E-state index contributed by atoms with van der Waals surface area (Å²) in [5.41, 5.74) is -0.638. The van der Waals surface area contributed by atoms with Gasteiger partial charge in [-0.1, -0.05) is 18.2 Å². The number of amides is 1. The second kappa shape index (κ2) is 4.55. The number of hydrogen-bond donors (Lipinski definition) is 1. The summed E-state index contributed by atoms with van der Waals surface area (Å²) in [6.07, 6.45) is -4.40. The number of carbonyl (C=O) groups is 1. The maximum Gasteiger partial charge on any atom is 0.416 e. The summed E-state index contributed by atoms with van der Waals surface area (Å²) >= 11 is 0. The normalized spacial score (nSPS) is 13.3. The van der Waals surface area contributed by atoms with E-state index in [4.69, 9.17) is 0 Å². The molecule has 16 heavy (non-hydrogen) atoms. The Labute approximate surface area is 91.5 Å². The molecule has 0 aliphatic carbocycles. The van der Waals surface area contributed by atoms with Gasteiger partial charge in [-0.2, -0.15) is 13.2 Å². The third-order valence-electron chi connectivity index (χ3n) is 2.15. The van der Waals surface area contributed by atoms with Gasteiger partial charge in [-0.05, 0) is 18.6 Å². The standard InChI is InChI=1S/C11H12F3NO/c1-7(15-8(2)16)9-5-3-4-6-10(9)11(12,13)14/h3-7H,1-2H3,(H,15,16). The molecule has 0 heterocycles. The number of alkyl halides is 3. The highest BCUT2D eigenvalue weighted by molar-refractivity contribution is 5.73. The molecule has 0 radical (unpaired) electrons. The van der Waals surface area contributed by atoms with Crippen LogP contribution < -0.4 is 5.32 Å². The summed E-state index contributed by atoms with van der Waals surface area (Å²) in [4.78, 5) is 10.8. The van der Waals surface area contributed by atoms with Crippen LogP contribution in [0.25, 0.3) is 0 Å². The Bertz CT molecular complexity index is 387. The Morgan fingerprint density at radius 3 is 2.38 bits per heavy atom. The molecule has 1 atom stereocenters. The van der Waals surface area contributed by atoms with E-state index >= 15 is 0 Å². The van der Waals surface area contributed by atoms with E-state index in [0.717, 1.165) is 6.07 Å². The van der Waals surface area contributed by atoms with Gasteiger partial charge in [0.1, 0.15) is 0 Å². The van der Waals surface area contributed by atoms with Gasteiger partial charge in [0.05, 0.1) is 11.6 Å². The van der Waals surface area contributed by atoms with Gasteiger partial charge in [0.2, 0.25) is 5.91 Å². The fraction of sp³-hybridized carbons (Fsp3) is 0.364. The number of benzene rings is 1. The zero-order valence-electron chi connectivity index (χ0n) is 8.93. The zero-order chi connectivity index (χ0) is 12.3. The monoisotopic (exact) mass is 231 g/mol. The highest BCUT2D eigenvalue weighted by atomic mass is 19.4. The van der Waals surface area contributed by atoms with Gasteiger partial charge in [0.15, 0.2) is 0 Å². The minimum atomic E-state index is -4.40. The van der Waals surface area contributed by atoms with E-state index in [1.807, 2.05) is 0 Å². The van der Waals surface area contributed by atoms with Gasteiger partial charge in [-0.3, -0.25) is 4.79 Å². The fourth-order valence-corrected chi connectivity index (χ4v) is 1.52. The largest absolute Gasteiger partial charge is 0.416 e. The van der Waals surface area contributed by atoms with Crippen LogP contribution >= 0.6 is 0 Å². The highest BCUT2D eigenvalue weighted by Crippen LogP contribution is 2.34. The van der Waals surface area contributed by atoms with Gasteiger partial charge >= 0.3 is 6.18 Å². The number of rotatable bonds is 2. The third kappa shape index (κ3) is 2.98. The molecule has 1 N–H and O–H groups in total. The van der Waals surface area contributed by atoms with Crippen molar-refractivity contribution in [1.82, 2.24) is 5.32 Å². The molecule has 2 nitrogen and oxygen atoms in total. The van der Waals surface area contributed by atoms with Crippen molar-refractivity contribution in [3.8, 4) is 0 Å². The molecule has 0 aliphatic rings. The number of carbonyl (C=O) groups excluding carboxylic acids is 1. The van der Waals surface area contributed by atoms with Crippen LogP contribution in [-0.2, 0) is 11.0 Å². The SMILES string of the molecule is CC(=O)NC(C)c1ccccc1C(F)(F)F. The predicted molar refractivity (Wildman–Crippen MR) is 53.7 cm³/mol. The van der Waals surface area contributed by atoms with Crippen molar-refractivity contribution in [2.75, 3.05) is 0 Å². The zero-order valence-corrected chi connectivity index (χ0v) is 8.93. The first kappa shape index (κ1) is 12.5. The van der Waals surface area contributed by atoms with Gasteiger partial charge in [0, 0.05) is 6.92 Å². The molecule has 5 heteroatoms. The Morgan fingerprint density at radius 1 is 1.31 bits per heavy atom. The molecular weight excluding hydrogens is 219 g/mol. The Morgan fingerprint density at radius 2 is 1.88 bits per heavy atom. The van der Waals surface area contributed by atoms with Gasteiger partial charge in [-0.15, -0.1) is 0 Å². The average Bonchev–Trinajstić information content (AvgIpc) is 2.15. The molecule has 1 aromatic carbocycles. The summed E-state index contributed by atoms with van der Waals surface area (Å²) in [5.74, 6) is -0.357. The first-order chi connectivity index (χ1) is 7.32. The van der Waals surface area contributed by atoms with Crippen molar-refractivity contribution >= 4 is 5.91 Å². The number of nitrogens with one attached hydrogen (secondary N) is 1. The minimum Gasteiger partial charge on any atom is -0.350 e. The van der Waals surface area contributed by atoms with Crippen molar-refractivity contribution in [2.45, 2.75) is 26.1 Å². The lowest BCUT2D eigenvalue weighted by Gasteiger charge is -2.18. The van der Waals surface area contributed by atoms with E-state index in [1.54, 1.807) is 0 Å². The Kier molecular flexibility index (Phi) is 3.57.